The van der Waals surface area contributed by atoms with Gasteiger partial charge in [-0.2, -0.15) is 0 Å². The molecular weight excluding hydrogens is 226 g/mol. The minimum Gasteiger partial charge on any atom is -0.360 e. The molecule has 18 heavy (non-hydrogen) atoms. The van der Waals surface area contributed by atoms with Crippen LogP contribution in [-0.2, 0) is 0 Å². The molecule has 4 nitrogen and oxygen atoms in total. The van der Waals surface area contributed by atoms with Gasteiger partial charge in [0.2, 0.25) is 0 Å². The third-order valence-corrected chi connectivity index (χ3v) is 3.05. The Morgan fingerprint density at radius 3 is 2.61 bits per heavy atom. The van der Waals surface area contributed by atoms with Crippen molar-refractivity contribution in [1.29, 1.82) is 0 Å². The number of nitrogens with zero attached hydrogens (tertiary/aromatic N) is 2. The summed E-state index contributed by atoms with van der Waals surface area (Å²) in [6, 6.07) is 7.86. The molecule has 0 spiro atoms. The quantitative estimate of drug-likeness (QED) is 0.892. The van der Waals surface area contributed by atoms with E-state index in [-0.39, 0.29) is 5.91 Å². The van der Waals surface area contributed by atoms with E-state index in [4.69, 9.17) is 0 Å². The van der Waals surface area contributed by atoms with Gasteiger partial charge in [-0.05, 0) is 20.2 Å². The summed E-state index contributed by atoms with van der Waals surface area (Å²) in [7, 11) is 5.85. The number of benzene rings is 1. The molecule has 2 aromatic rings. The Labute approximate surface area is 107 Å². The van der Waals surface area contributed by atoms with E-state index in [1.165, 1.54) is 0 Å². The molecule has 0 atom stereocenters. The van der Waals surface area contributed by atoms with Crippen molar-refractivity contribution in [3.05, 3.63) is 36.0 Å². The second kappa shape index (κ2) is 5.23. The molecule has 96 valence electrons. The van der Waals surface area contributed by atoms with Crippen molar-refractivity contribution >= 4 is 16.8 Å². The van der Waals surface area contributed by atoms with E-state index >= 15 is 0 Å². The van der Waals surface area contributed by atoms with Crippen molar-refractivity contribution in [3.8, 4) is 0 Å². The Morgan fingerprint density at radius 1 is 1.17 bits per heavy atom. The zero-order valence-electron chi connectivity index (χ0n) is 11.1. The predicted molar refractivity (Wildman–Crippen MR) is 73.8 cm³/mol. The fraction of sp³-hybridized carbons (Fsp3) is 0.357. The van der Waals surface area contributed by atoms with Crippen LogP contribution >= 0.6 is 0 Å². The van der Waals surface area contributed by atoms with Gasteiger partial charge in [-0.1, -0.05) is 18.2 Å². The van der Waals surface area contributed by atoms with E-state index in [1.54, 1.807) is 11.1 Å². The Balaban J connectivity index is 2.18. The van der Waals surface area contributed by atoms with E-state index in [0.717, 1.165) is 29.6 Å². The molecule has 0 fully saturated rings. The van der Waals surface area contributed by atoms with Crippen LogP contribution in [0.1, 0.15) is 10.4 Å². The number of carbonyl (C=O) groups is 1. The smallest absolute Gasteiger partial charge is 0.255 e. The molecule has 0 bridgehead atoms. The molecule has 4 heteroatoms. The average molecular weight is 245 g/mol. The standard InChI is InChI=1S/C14H19N3O/c1-16(2)8-9-17(3)14(18)12-10-15-13-7-5-4-6-11(12)13/h4-7,10,15H,8-9H2,1-3H3. The largest absolute Gasteiger partial charge is 0.360 e. The first kappa shape index (κ1) is 12.6. The summed E-state index contributed by atoms with van der Waals surface area (Å²) < 4.78 is 0. The first-order valence-electron chi connectivity index (χ1n) is 6.06. The highest BCUT2D eigenvalue weighted by Crippen LogP contribution is 2.18. The van der Waals surface area contributed by atoms with Crippen LogP contribution in [0.4, 0.5) is 0 Å². The Kier molecular flexibility index (Phi) is 3.67. The minimum absolute atomic E-state index is 0.0642. The summed E-state index contributed by atoms with van der Waals surface area (Å²) >= 11 is 0. The fourth-order valence-electron chi connectivity index (χ4n) is 1.91. The molecule has 1 aromatic heterocycles. The number of likely N-dealkylation sites (N-methyl/N-ethyl adjacent to an activating group) is 2. The van der Waals surface area contributed by atoms with Crippen LogP contribution in [0.3, 0.4) is 0 Å². The molecule has 0 aliphatic heterocycles. The number of carbonyl (C=O) groups excluding carboxylic acids is 1. The third kappa shape index (κ3) is 2.54. The maximum atomic E-state index is 12.3. The van der Waals surface area contributed by atoms with Crippen molar-refractivity contribution in [1.82, 2.24) is 14.8 Å². The van der Waals surface area contributed by atoms with Gasteiger partial charge in [-0.15, -0.1) is 0 Å². The zero-order chi connectivity index (χ0) is 13.1. The van der Waals surface area contributed by atoms with Gasteiger partial charge in [-0.25, -0.2) is 0 Å². The van der Waals surface area contributed by atoms with Crippen molar-refractivity contribution in [2.45, 2.75) is 0 Å². The first-order valence-corrected chi connectivity index (χ1v) is 6.06. The summed E-state index contributed by atoms with van der Waals surface area (Å²) in [5.74, 6) is 0.0642. The summed E-state index contributed by atoms with van der Waals surface area (Å²) in [6.45, 7) is 1.59. The Bertz CT molecular complexity index is 545. The molecule has 0 unspecified atom stereocenters. The number of aromatic amines is 1. The van der Waals surface area contributed by atoms with Crippen LogP contribution in [0.5, 0.6) is 0 Å². The maximum Gasteiger partial charge on any atom is 0.255 e. The number of amides is 1. The SMILES string of the molecule is CN(C)CCN(C)C(=O)c1c[nH]c2ccccc12. The second-order valence-corrected chi connectivity index (χ2v) is 4.78. The van der Waals surface area contributed by atoms with Crippen LogP contribution in [0.15, 0.2) is 30.5 Å². The van der Waals surface area contributed by atoms with Crippen LogP contribution in [-0.4, -0.2) is 54.9 Å². The van der Waals surface area contributed by atoms with Crippen molar-refractivity contribution in [2.24, 2.45) is 0 Å². The number of rotatable bonds is 4. The van der Waals surface area contributed by atoms with Crippen molar-refractivity contribution in [2.75, 3.05) is 34.2 Å². The van der Waals surface area contributed by atoms with Crippen molar-refractivity contribution < 1.29 is 4.79 Å². The molecule has 1 amide bonds. The molecule has 2 rings (SSSR count). The lowest BCUT2D eigenvalue weighted by molar-refractivity contribution is 0.0788. The highest BCUT2D eigenvalue weighted by atomic mass is 16.2. The Hall–Kier alpha value is -1.81. The third-order valence-electron chi connectivity index (χ3n) is 3.05. The molecule has 0 aliphatic rings. The minimum atomic E-state index is 0.0642. The first-order chi connectivity index (χ1) is 8.59. The average Bonchev–Trinajstić information content (AvgIpc) is 2.78. The van der Waals surface area contributed by atoms with Gasteiger partial charge < -0.3 is 14.8 Å². The fourth-order valence-corrected chi connectivity index (χ4v) is 1.91. The molecule has 0 saturated heterocycles. The molecule has 0 radical (unpaired) electrons. The van der Waals surface area contributed by atoms with Gasteiger partial charge >= 0.3 is 0 Å². The number of para-hydroxylation sites is 1. The van der Waals surface area contributed by atoms with Gasteiger partial charge in [0.1, 0.15) is 0 Å². The number of nitrogens with one attached hydrogen (secondary N) is 1. The van der Waals surface area contributed by atoms with Crippen LogP contribution in [0, 0.1) is 0 Å². The summed E-state index contributed by atoms with van der Waals surface area (Å²) in [6.07, 6.45) is 1.79. The van der Waals surface area contributed by atoms with Gasteiger partial charge in [0, 0.05) is 37.2 Å². The van der Waals surface area contributed by atoms with E-state index in [1.807, 2.05) is 45.4 Å². The number of H-pyrrole nitrogens is 1. The normalized spacial score (nSPS) is 11.1. The number of aromatic nitrogens is 1. The second-order valence-electron chi connectivity index (χ2n) is 4.78. The summed E-state index contributed by atoms with van der Waals surface area (Å²) in [5, 5.41) is 0.985. The van der Waals surface area contributed by atoms with Gasteiger partial charge in [0.05, 0.1) is 5.56 Å². The zero-order valence-corrected chi connectivity index (χ0v) is 11.1. The van der Waals surface area contributed by atoms with Gasteiger partial charge in [0.15, 0.2) is 0 Å². The van der Waals surface area contributed by atoms with Crippen molar-refractivity contribution in [3.63, 3.8) is 0 Å². The predicted octanol–water partition coefficient (Wildman–Crippen LogP) is 1.80. The lowest BCUT2D eigenvalue weighted by Crippen LogP contribution is -2.33. The van der Waals surface area contributed by atoms with E-state index in [9.17, 15) is 4.79 Å². The van der Waals surface area contributed by atoms with E-state index in [0.29, 0.717) is 0 Å². The van der Waals surface area contributed by atoms with Gasteiger partial charge in [-0.3, -0.25) is 4.79 Å². The van der Waals surface area contributed by atoms with Gasteiger partial charge in [0.25, 0.3) is 5.91 Å². The summed E-state index contributed by atoms with van der Waals surface area (Å²) in [5.41, 5.74) is 1.74. The molecular formula is C14H19N3O. The highest BCUT2D eigenvalue weighted by Gasteiger charge is 2.15. The summed E-state index contributed by atoms with van der Waals surface area (Å²) in [4.78, 5) is 19.3. The molecule has 1 aromatic carbocycles. The topological polar surface area (TPSA) is 39.3 Å². The van der Waals surface area contributed by atoms with Crippen LogP contribution in [0.25, 0.3) is 10.9 Å². The maximum absolute atomic E-state index is 12.3. The number of hydrogen-bond donors (Lipinski definition) is 1. The Morgan fingerprint density at radius 2 is 1.89 bits per heavy atom. The van der Waals surface area contributed by atoms with E-state index in [2.05, 4.69) is 9.88 Å². The lowest BCUT2D eigenvalue weighted by Gasteiger charge is -2.19. The van der Waals surface area contributed by atoms with Crippen LogP contribution < -0.4 is 0 Å². The monoisotopic (exact) mass is 245 g/mol. The lowest BCUT2D eigenvalue weighted by atomic mass is 10.1. The molecule has 1 N–H and O–H groups in total. The van der Waals surface area contributed by atoms with Crippen LogP contribution in [0.2, 0.25) is 0 Å². The highest BCUT2D eigenvalue weighted by molar-refractivity contribution is 6.06. The molecule has 0 aliphatic carbocycles. The molecule has 1 heterocycles. The molecule has 0 saturated carbocycles. The number of fused-ring (bicyclic) bond motifs is 1. The van der Waals surface area contributed by atoms with E-state index < -0.39 is 0 Å². The number of hydrogen-bond acceptors (Lipinski definition) is 2.